The molecule has 0 saturated heterocycles. The van der Waals surface area contributed by atoms with E-state index in [-0.39, 0.29) is 6.10 Å². The van der Waals surface area contributed by atoms with Gasteiger partial charge in [-0.15, -0.1) is 0 Å². The summed E-state index contributed by atoms with van der Waals surface area (Å²) in [7, 11) is 1.74. The van der Waals surface area contributed by atoms with Crippen molar-refractivity contribution >= 4 is 0 Å². The molecule has 0 aromatic heterocycles. The maximum absolute atomic E-state index is 5.81. The first-order chi connectivity index (χ1) is 8.67. The molecule has 3 nitrogen and oxygen atoms in total. The van der Waals surface area contributed by atoms with Crippen LogP contribution in [0.15, 0.2) is 12.1 Å². The van der Waals surface area contributed by atoms with Crippen molar-refractivity contribution in [2.45, 2.75) is 45.4 Å². The average molecular weight is 247 g/mol. The molecule has 3 atom stereocenters. The van der Waals surface area contributed by atoms with Gasteiger partial charge in [-0.2, -0.15) is 0 Å². The number of methoxy groups -OCH3 is 1. The van der Waals surface area contributed by atoms with Crippen molar-refractivity contribution in [2.75, 3.05) is 7.11 Å². The summed E-state index contributed by atoms with van der Waals surface area (Å²) in [5.41, 5.74) is 2.47. The maximum atomic E-state index is 5.81. The lowest BCUT2D eigenvalue weighted by atomic mass is 10.1. The van der Waals surface area contributed by atoms with Crippen molar-refractivity contribution < 1.29 is 9.47 Å². The van der Waals surface area contributed by atoms with Crippen LogP contribution < -0.4 is 14.8 Å². The molecule has 1 fully saturated rings. The zero-order valence-electron chi connectivity index (χ0n) is 11.3. The van der Waals surface area contributed by atoms with Gasteiger partial charge in [-0.1, -0.05) is 6.92 Å². The Morgan fingerprint density at radius 2 is 2.17 bits per heavy atom. The van der Waals surface area contributed by atoms with Crippen LogP contribution >= 0.6 is 0 Å². The molecule has 98 valence electrons. The van der Waals surface area contributed by atoms with Gasteiger partial charge in [-0.05, 0) is 31.4 Å². The summed E-state index contributed by atoms with van der Waals surface area (Å²) in [6.45, 7) is 5.25. The molecule has 0 spiro atoms. The van der Waals surface area contributed by atoms with Crippen molar-refractivity contribution in [3.63, 3.8) is 0 Å². The molecule has 0 amide bonds. The van der Waals surface area contributed by atoms with E-state index in [0.717, 1.165) is 30.4 Å². The normalized spacial score (nSPS) is 28.7. The van der Waals surface area contributed by atoms with Crippen LogP contribution in [0.4, 0.5) is 0 Å². The van der Waals surface area contributed by atoms with E-state index in [1.54, 1.807) is 7.11 Å². The van der Waals surface area contributed by atoms with Gasteiger partial charge in [0.25, 0.3) is 0 Å². The molecule has 18 heavy (non-hydrogen) atoms. The molecule has 1 N–H and O–H groups in total. The molecule has 1 aliphatic heterocycles. The first-order valence-corrected chi connectivity index (χ1v) is 6.77. The SMILES string of the molecule is COc1cc2c(cc1CNC1CC1C)OC(C)C2. The minimum Gasteiger partial charge on any atom is -0.496 e. The Labute approximate surface area is 108 Å². The highest BCUT2D eigenvalue weighted by Crippen LogP contribution is 2.36. The molecule has 1 aromatic rings. The smallest absolute Gasteiger partial charge is 0.123 e. The number of nitrogens with one attached hydrogen (secondary N) is 1. The Balaban J connectivity index is 1.77. The molecule has 1 heterocycles. The molecule has 2 aliphatic rings. The number of ether oxygens (including phenoxy) is 2. The van der Waals surface area contributed by atoms with E-state index < -0.39 is 0 Å². The van der Waals surface area contributed by atoms with E-state index in [1.807, 2.05) is 0 Å². The topological polar surface area (TPSA) is 30.5 Å². The summed E-state index contributed by atoms with van der Waals surface area (Å²) < 4.78 is 11.3. The highest BCUT2D eigenvalue weighted by atomic mass is 16.5. The van der Waals surface area contributed by atoms with Crippen LogP contribution in [0.2, 0.25) is 0 Å². The lowest BCUT2D eigenvalue weighted by Gasteiger charge is -2.12. The Morgan fingerprint density at radius 3 is 2.83 bits per heavy atom. The molecule has 0 bridgehead atoms. The number of fused-ring (bicyclic) bond motifs is 1. The molecular weight excluding hydrogens is 226 g/mol. The van der Waals surface area contributed by atoms with Gasteiger partial charge in [0.15, 0.2) is 0 Å². The third-order valence-electron chi connectivity index (χ3n) is 3.96. The number of hydrogen-bond acceptors (Lipinski definition) is 3. The van der Waals surface area contributed by atoms with E-state index >= 15 is 0 Å². The zero-order chi connectivity index (χ0) is 12.7. The largest absolute Gasteiger partial charge is 0.496 e. The lowest BCUT2D eigenvalue weighted by molar-refractivity contribution is 0.254. The van der Waals surface area contributed by atoms with E-state index in [2.05, 4.69) is 31.3 Å². The summed E-state index contributed by atoms with van der Waals surface area (Å²) >= 11 is 0. The van der Waals surface area contributed by atoms with Crippen molar-refractivity contribution in [3.05, 3.63) is 23.3 Å². The van der Waals surface area contributed by atoms with Crippen molar-refractivity contribution in [1.82, 2.24) is 5.32 Å². The second-order valence-electron chi connectivity index (χ2n) is 5.60. The summed E-state index contributed by atoms with van der Waals surface area (Å²) in [6, 6.07) is 4.95. The van der Waals surface area contributed by atoms with E-state index in [1.165, 1.54) is 17.5 Å². The van der Waals surface area contributed by atoms with Gasteiger partial charge in [0, 0.05) is 30.1 Å². The molecule has 3 heteroatoms. The second kappa shape index (κ2) is 4.47. The van der Waals surface area contributed by atoms with Crippen LogP contribution in [0.1, 0.15) is 31.4 Å². The van der Waals surface area contributed by atoms with Crippen molar-refractivity contribution in [1.29, 1.82) is 0 Å². The van der Waals surface area contributed by atoms with Gasteiger partial charge in [-0.3, -0.25) is 0 Å². The molecule has 3 unspecified atom stereocenters. The standard InChI is InChI=1S/C15H21NO2/c1-9-4-13(9)16-8-12-7-15-11(5-10(2)18-15)6-14(12)17-3/h6-7,9-10,13,16H,4-5,8H2,1-3H3. The zero-order valence-corrected chi connectivity index (χ0v) is 11.3. The maximum Gasteiger partial charge on any atom is 0.123 e. The first kappa shape index (κ1) is 11.8. The highest BCUT2D eigenvalue weighted by Gasteiger charge is 2.32. The van der Waals surface area contributed by atoms with Crippen LogP contribution in [-0.4, -0.2) is 19.3 Å². The molecule has 1 aromatic carbocycles. The van der Waals surface area contributed by atoms with Crippen LogP contribution in [0, 0.1) is 5.92 Å². The van der Waals surface area contributed by atoms with Crippen LogP contribution in [-0.2, 0) is 13.0 Å². The summed E-state index contributed by atoms with van der Waals surface area (Å²) in [4.78, 5) is 0. The van der Waals surface area contributed by atoms with Crippen molar-refractivity contribution in [2.24, 2.45) is 5.92 Å². The first-order valence-electron chi connectivity index (χ1n) is 6.77. The van der Waals surface area contributed by atoms with Gasteiger partial charge >= 0.3 is 0 Å². The number of benzene rings is 1. The fraction of sp³-hybridized carbons (Fsp3) is 0.600. The van der Waals surface area contributed by atoms with Gasteiger partial charge in [0.2, 0.25) is 0 Å². The van der Waals surface area contributed by atoms with Gasteiger partial charge in [0.1, 0.15) is 17.6 Å². The van der Waals surface area contributed by atoms with Gasteiger partial charge in [0.05, 0.1) is 7.11 Å². The minimum atomic E-state index is 0.288. The molecule has 1 aliphatic carbocycles. The monoisotopic (exact) mass is 247 g/mol. The van der Waals surface area contributed by atoms with Crippen LogP contribution in [0.3, 0.4) is 0 Å². The summed E-state index contributed by atoms with van der Waals surface area (Å²) in [6.07, 6.45) is 2.57. The quantitative estimate of drug-likeness (QED) is 0.887. The fourth-order valence-corrected chi connectivity index (χ4v) is 2.66. The fourth-order valence-electron chi connectivity index (χ4n) is 2.66. The predicted octanol–water partition coefficient (Wildman–Crippen LogP) is 2.52. The summed E-state index contributed by atoms with van der Waals surface area (Å²) in [5.74, 6) is 2.83. The molecular formula is C15H21NO2. The van der Waals surface area contributed by atoms with Crippen LogP contribution in [0.25, 0.3) is 0 Å². The molecule has 0 radical (unpaired) electrons. The van der Waals surface area contributed by atoms with E-state index in [0.29, 0.717) is 6.04 Å². The summed E-state index contributed by atoms with van der Waals surface area (Å²) in [5, 5.41) is 3.56. The lowest BCUT2D eigenvalue weighted by Crippen LogP contribution is -2.17. The van der Waals surface area contributed by atoms with Gasteiger partial charge < -0.3 is 14.8 Å². The number of rotatable bonds is 4. The molecule has 1 saturated carbocycles. The third kappa shape index (κ3) is 2.19. The molecule has 3 rings (SSSR count). The van der Waals surface area contributed by atoms with Crippen molar-refractivity contribution in [3.8, 4) is 11.5 Å². The number of hydrogen-bond donors (Lipinski definition) is 1. The highest BCUT2D eigenvalue weighted by molar-refractivity contribution is 5.48. The minimum absolute atomic E-state index is 0.288. The third-order valence-corrected chi connectivity index (χ3v) is 3.96. The predicted molar refractivity (Wildman–Crippen MR) is 71.2 cm³/mol. The van der Waals surface area contributed by atoms with E-state index in [4.69, 9.17) is 9.47 Å². The Bertz CT molecular complexity index is 458. The van der Waals surface area contributed by atoms with Crippen LogP contribution in [0.5, 0.6) is 11.5 Å². The van der Waals surface area contributed by atoms with Gasteiger partial charge in [-0.25, -0.2) is 0 Å². The Hall–Kier alpha value is -1.22. The van der Waals surface area contributed by atoms with E-state index in [9.17, 15) is 0 Å². The Morgan fingerprint density at radius 1 is 1.39 bits per heavy atom. The Kier molecular flexibility index (Phi) is 2.94. The second-order valence-corrected chi connectivity index (χ2v) is 5.60. The average Bonchev–Trinajstić information content (AvgIpc) is 2.92.